The molecule has 0 amide bonds. The number of ether oxygens (including phenoxy) is 1. The first kappa shape index (κ1) is 17.9. The third-order valence-corrected chi connectivity index (χ3v) is 5.16. The summed E-state index contributed by atoms with van der Waals surface area (Å²) in [6.45, 7) is 9.23. The van der Waals surface area contributed by atoms with E-state index in [1.807, 2.05) is 4.68 Å². The van der Waals surface area contributed by atoms with Crippen molar-refractivity contribution < 1.29 is 9.15 Å². The zero-order valence-corrected chi connectivity index (χ0v) is 16.2. The lowest BCUT2D eigenvalue weighted by Crippen LogP contribution is -2.31. The average Bonchev–Trinajstić information content (AvgIpc) is 3.39. The highest BCUT2D eigenvalue weighted by atomic mass is 16.5. The minimum absolute atomic E-state index is 0.644. The van der Waals surface area contributed by atoms with Crippen molar-refractivity contribution in [1.29, 1.82) is 0 Å². The molecule has 0 aliphatic carbocycles. The van der Waals surface area contributed by atoms with Gasteiger partial charge in [-0.2, -0.15) is 10.2 Å². The van der Waals surface area contributed by atoms with E-state index in [2.05, 4.69) is 39.7 Å². The van der Waals surface area contributed by atoms with Gasteiger partial charge in [0.15, 0.2) is 6.39 Å². The van der Waals surface area contributed by atoms with E-state index in [9.17, 15) is 0 Å². The van der Waals surface area contributed by atoms with E-state index in [-0.39, 0.29) is 0 Å². The minimum Gasteiger partial charge on any atom is -0.451 e. The molecule has 3 aromatic heterocycles. The third kappa shape index (κ3) is 3.54. The zero-order chi connectivity index (χ0) is 18.8. The van der Waals surface area contributed by atoms with Crippen LogP contribution in [0, 0.1) is 6.92 Å². The molecule has 0 spiro atoms. The van der Waals surface area contributed by atoms with Gasteiger partial charge in [-0.25, -0.2) is 4.98 Å². The monoisotopic (exact) mass is 370 g/mol. The second kappa shape index (κ2) is 7.66. The molecule has 0 radical (unpaired) electrons. The van der Waals surface area contributed by atoms with Gasteiger partial charge >= 0.3 is 0 Å². The highest BCUT2D eigenvalue weighted by Gasteiger charge is 2.27. The van der Waals surface area contributed by atoms with Crippen LogP contribution in [0.3, 0.4) is 0 Å². The normalized spacial score (nSPS) is 14.6. The molecule has 1 aliphatic rings. The van der Waals surface area contributed by atoms with E-state index in [0.717, 1.165) is 56.2 Å². The number of aromatic nitrogens is 5. The number of fused-ring (bicyclic) bond motifs is 1. The van der Waals surface area contributed by atoms with Crippen molar-refractivity contribution in [2.75, 3.05) is 20.3 Å². The average molecular weight is 370 g/mol. The van der Waals surface area contributed by atoms with E-state index in [4.69, 9.17) is 14.3 Å². The second-order valence-electron chi connectivity index (χ2n) is 6.92. The quantitative estimate of drug-likeness (QED) is 0.635. The van der Waals surface area contributed by atoms with Crippen LogP contribution >= 0.6 is 0 Å². The molecule has 8 nitrogen and oxygen atoms in total. The van der Waals surface area contributed by atoms with Crippen LogP contribution in [-0.2, 0) is 37.3 Å². The van der Waals surface area contributed by atoms with Crippen LogP contribution in [0.15, 0.2) is 23.3 Å². The molecule has 0 N–H and O–H groups in total. The smallest absolute Gasteiger partial charge is 0.181 e. The largest absolute Gasteiger partial charge is 0.451 e. The number of hydrogen-bond acceptors (Lipinski definition) is 6. The van der Waals surface area contributed by atoms with Crippen LogP contribution in [0.1, 0.15) is 29.4 Å². The number of nitrogens with zero attached hydrogens (tertiary/aromatic N) is 6. The number of rotatable bonds is 7. The molecular formula is C19H26N6O2. The maximum Gasteiger partial charge on any atom is 0.181 e. The third-order valence-electron chi connectivity index (χ3n) is 5.16. The lowest BCUT2D eigenvalue weighted by atomic mass is 10.0. The molecule has 0 fully saturated rings. The van der Waals surface area contributed by atoms with Crippen LogP contribution < -0.4 is 0 Å². The zero-order valence-electron chi connectivity index (χ0n) is 16.2. The van der Waals surface area contributed by atoms with Crippen molar-refractivity contribution in [2.45, 2.75) is 46.4 Å². The van der Waals surface area contributed by atoms with E-state index < -0.39 is 0 Å². The van der Waals surface area contributed by atoms with Crippen LogP contribution in [0.5, 0.6) is 0 Å². The Labute approximate surface area is 158 Å². The lowest BCUT2D eigenvalue weighted by molar-refractivity contribution is 0.180. The van der Waals surface area contributed by atoms with Crippen molar-refractivity contribution in [3.8, 4) is 11.4 Å². The Kier molecular flexibility index (Phi) is 5.09. The lowest BCUT2D eigenvalue weighted by Gasteiger charge is -2.27. The first-order valence-electron chi connectivity index (χ1n) is 9.41. The first-order chi connectivity index (χ1) is 13.2. The van der Waals surface area contributed by atoms with Gasteiger partial charge in [0, 0.05) is 62.7 Å². The molecule has 0 unspecified atom stereocenters. The summed E-state index contributed by atoms with van der Waals surface area (Å²) in [5, 5.41) is 9.39. The topological polar surface area (TPSA) is 74.1 Å². The Bertz CT molecular complexity index is 896. The Hall–Kier alpha value is -2.45. The van der Waals surface area contributed by atoms with E-state index >= 15 is 0 Å². The summed E-state index contributed by atoms with van der Waals surface area (Å²) in [6, 6.07) is 0. The summed E-state index contributed by atoms with van der Waals surface area (Å²) in [6.07, 6.45) is 6.24. The van der Waals surface area contributed by atoms with Crippen molar-refractivity contribution in [3.05, 3.63) is 41.4 Å². The van der Waals surface area contributed by atoms with Gasteiger partial charge < -0.3 is 9.15 Å². The van der Waals surface area contributed by atoms with Crippen molar-refractivity contribution in [2.24, 2.45) is 0 Å². The first-order valence-corrected chi connectivity index (χ1v) is 9.41. The molecule has 0 saturated heterocycles. The van der Waals surface area contributed by atoms with Gasteiger partial charge in [-0.1, -0.05) is 0 Å². The molecule has 1 aliphatic heterocycles. The predicted octanol–water partition coefficient (Wildman–Crippen LogP) is 2.27. The molecule has 0 saturated carbocycles. The van der Waals surface area contributed by atoms with E-state index in [0.29, 0.717) is 6.61 Å². The van der Waals surface area contributed by atoms with Gasteiger partial charge in [0.2, 0.25) is 0 Å². The minimum atomic E-state index is 0.644. The summed E-state index contributed by atoms with van der Waals surface area (Å²) in [7, 11) is 1.72. The Balaban J connectivity index is 1.60. The molecule has 8 heteroatoms. The number of aryl methyl sites for hydroxylation is 2. The highest BCUT2D eigenvalue weighted by Crippen LogP contribution is 2.30. The maximum atomic E-state index is 5.25. The molecule has 27 heavy (non-hydrogen) atoms. The molecule has 0 bridgehead atoms. The fraction of sp³-hybridized carbons (Fsp3) is 0.526. The number of hydrogen-bond donors (Lipinski definition) is 0. The van der Waals surface area contributed by atoms with Crippen LogP contribution in [-0.4, -0.2) is 49.7 Å². The van der Waals surface area contributed by atoms with Crippen molar-refractivity contribution >= 4 is 0 Å². The van der Waals surface area contributed by atoms with Gasteiger partial charge in [-0.15, -0.1) is 0 Å². The summed E-state index contributed by atoms with van der Waals surface area (Å²) in [5.41, 5.74) is 6.62. The summed E-state index contributed by atoms with van der Waals surface area (Å²) in [5.74, 6) is 0. The molecule has 144 valence electrons. The highest BCUT2D eigenvalue weighted by molar-refractivity contribution is 5.59. The number of oxazole rings is 1. The fourth-order valence-electron chi connectivity index (χ4n) is 3.70. The van der Waals surface area contributed by atoms with Crippen LogP contribution in [0.2, 0.25) is 0 Å². The molecule has 4 heterocycles. The fourth-order valence-corrected chi connectivity index (χ4v) is 3.70. The Morgan fingerprint density at radius 3 is 2.89 bits per heavy atom. The van der Waals surface area contributed by atoms with Crippen LogP contribution in [0.4, 0.5) is 0 Å². The van der Waals surface area contributed by atoms with Gasteiger partial charge in [0.25, 0.3) is 0 Å². The van der Waals surface area contributed by atoms with E-state index in [1.165, 1.54) is 23.2 Å². The molecular weight excluding hydrogens is 344 g/mol. The van der Waals surface area contributed by atoms with Gasteiger partial charge in [0.05, 0.1) is 18.8 Å². The van der Waals surface area contributed by atoms with Crippen molar-refractivity contribution in [1.82, 2.24) is 29.4 Å². The van der Waals surface area contributed by atoms with Crippen LogP contribution in [0.25, 0.3) is 11.4 Å². The maximum absolute atomic E-state index is 5.25. The summed E-state index contributed by atoms with van der Waals surface area (Å²) in [4.78, 5) is 6.78. The molecule has 0 aromatic carbocycles. The molecule has 4 rings (SSSR count). The van der Waals surface area contributed by atoms with Gasteiger partial charge in [-0.3, -0.25) is 14.3 Å². The standard InChI is InChI=1S/C19H26N6O2/c1-4-24-10-15(14(2)21-24)9-23-6-5-18-16(11-23)19(17-12-27-13-20-17)22-25(18)7-8-26-3/h10,12-13H,4-9,11H2,1-3H3. The van der Waals surface area contributed by atoms with E-state index in [1.54, 1.807) is 13.4 Å². The summed E-state index contributed by atoms with van der Waals surface area (Å²) >= 11 is 0. The molecule has 3 aromatic rings. The van der Waals surface area contributed by atoms with Gasteiger partial charge in [0.1, 0.15) is 17.7 Å². The Morgan fingerprint density at radius 2 is 2.19 bits per heavy atom. The van der Waals surface area contributed by atoms with Crippen molar-refractivity contribution in [3.63, 3.8) is 0 Å². The second-order valence-corrected chi connectivity index (χ2v) is 6.92. The molecule has 0 atom stereocenters. The SMILES string of the molecule is CCn1cc(CN2CCc3c(c(-c4cocn4)nn3CCOC)C2)c(C)n1. The Morgan fingerprint density at radius 1 is 1.30 bits per heavy atom. The number of methoxy groups -OCH3 is 1. The predicted molar refractivity (Wildman–Crippen MR) is 100 cm³/mol. The van der Waals surface area contributed by atoms with Gasteiger partial charge in [-0.05, 0) is 13.8 Å². The summed E-state index contributed by atoms with van der Waals surface area (Å²) < 4.78 is 14.5.